The summed E-state index contributed by atoms with van der Waals surface area (Å²) in [6, 6.07) is 15.7. The Morgan fingerprint density at radius 1 is 1.04 bits per heavy atom. The summed E-state index contributed by atoms with van der Waals surface area (Å²) in [5.41, 5.74) is 2.87. The molecule has 0 radical (unpaired) electrons. The number of nitrogens with one attached hydrogen (secondary N) is 1. The molecule has 0 bridgehead atoms. The van der Waals surface area contributed by atoms with E-state index in [2.05, 4.69) is 27.0 Å². The van der Waals surface area contributed by atoms with Crippen LogP contribution in [0.5, 0.6) is 0 Å². The Morgan fingerprint density at radius 3 is 2.74 bits per heavy atom. The van der Waals surface area contributed by atoms with E-state index in [1.54, 1.807) is 6.07 Å². The third-order valence-electron chi connectivity index (χ3n) is 4.42. The van der Waals surface area contributed by atoms with Crippen LogP contribution in [0.4, 0.5) is 0 Å². The summed E-state index contributed by atoms with van der Waals surface area (Å²) in [5, 5.41) is 0.629. The molecule has 2 aromatic carbocycles. The van der Waals surface area contributed by atoms with Crippen LogP contribution in [0.25, 0.3) is 22.3 Å². The first-order valence-corrected chi connectivity index (χ1v) is 8.10. The van der Waals surface area contributed by atoms with Crippen LogP contribution in [0.3, 0.4) is 0 Å². The van der Waals surface area contributed by atoms with E-state index in [0.717, 1.165) is 17.6 Å². The van der Waals surface area contributed by atoms with Gasteiger partial charge in [-0.3, -0.25) is 9.69 Å². The number of benzene rings is 2. The molecule has 1 aromatic heterocycles. The van der Waals surface area contributed by atoms with Crippen molar-refractivity contribution in [2.75, 3.05) is 13.1 Å². The molecule has 0 unspecified atom stereocenters. The van der Waals surface area contributed by atoms with Gasteiger partial charge >= 0.3 is 0 Å². The Balaban J connectivity index is 1.71. The highest BCUT2D eigenvalue weighted by Gasteiger charge is 2.12. The van der Waals surface area contributed by atoms with Crippen LogP contribution in [0.1, 0.15) is 18.4 Å². The third-order valence-corrected chi connectivity index (χ3v) is 4.42. The molecule has 3 aromatic rings. The van der Waals surface area contributed by atoms with Gasteiger partial charge in [-0.2, -0.15) is 0 Å². The zero-order valence-corrected chi connectivity index (χ0v) is 13.0. The summed E-state index contributed by atoms with van der Waals surface area (Å²) in [7, 11) is 0. The van der Waals surface area contributed by atoms with Crippen LogP contribution >= 0.6 is 0 Å². The highest BCUT2D eigenvalue weighted by Crippen LogP contribution is 2.20. The number of nitrogens with zero attached hydrogens (tertiary/aromatic N) is 2. The van der Waals surface area contributed by atoms with Gasteiger partial charge in [0.2, 0.25) is 0 Å². The standard InChI is InChI=1S/C19H19N3O/c23-19-16-8-1-2-9-17(16)20-18(21-19)15-7-5-6-14(12-15)13-22-10-3-4-11-22/h1-2,5-9,12H,3-4,10-11,13H2,(H,20,21,23). The van der Waals surface area contributed by atoms with Crippen molar-refractivity contribution in [1.29, 1.82) is 0 Å². The van der Waals surface area contributed by atoms with Gasteiger partial charge in [0.15, 0.2) is 0 Å². The van der Waals surface area contributed by atoms with E-state index < -0.39 is 0 Å². The Hall–Kier alpha value is -2.46. The Bertz CT molecular complexity index is 894. The maximum atomic E-state index is 12.2. The minimum atomic E-state index is -0.0875. The van der Waals surface area contributed by atoms with E-state index in [4.69, 9.17) is 0 Å². The molecule has 1 aliphatic heterocycles. The van der Waals surface area contributed by atoms with Gasteiger partial charge in [0.1, 0.15) is 5.82 Å². The molecule has 1 N–H and O–H groups in total. The van der Waals surface area contributed by atoms with Crippen LogP contribution in [-0.2, 0) is 6.54 Å². The number of fused-ring (bicyclic) bond motifs is 1. The third kappa shape index (κ3) is 2.90. The van der Waals surface area contributed by atoms with E-state index >= 15 is 0 Å². The maximum absolute atomic E-state index is 12.2. The monoisotopic (exact) mass is 305 g/mol. The van der Waals surface area contributed by atoms with E-state index in [0.29, 0.717) is 11.2 Å². The maximum Gasteiger partial charge on any atom is 0.259 e. The molecule has 4 nitrogen and oxygen atoms in total. The molecule has 0 amide bonds. The quantitative estimate of drug-likeness (QED) is 0.808. The van der Waals surface area contributed by atoms with Gasteiger partial charge in [-0.1, -0.05) is 30.3 Å². The number of aromatic amines is 1. The number of hydrogen-bond donors (Lipinski definition) is 1. The van der Waals surface area contributed by atoms with Gasteiger partial charge in [-0.05, 0) is 49.7 Å². The van der Waals surface area contributed by atoms with E-state index in [9.17, 15) is 4.79 Å². The van der Waals surface area contributed by atoms with Crippen molar-refractivity contribution >= 4 is 10.9 Å². The predicted molar refractivity (Wildman–Crippen MR) is 92.3 cm³/mol. The molecule has 4 heteroatoms. The van der Waals surface area contributed by atoms with Gasteiger partial charge in [-0.25, -0.2) is 4.98 Å². The average Bonchev–Trinajstić information content (AvgIpc) is 3.08. The zero-order chi connectivity index (χ0) is 15.6. The van der Waals surface area contributed by atoms with Crippen LogP contribution in [0.2, 0.25) is 0 Å². The molecular weight excluding hydrogens is 286 g/mol. The van der Waals surface area contributed by atoms with Crippen molar-refractivity contribution in [3.05, 3.63) is 64.4 Å². The molecule has 1 fully saturated rings. The van der Waals surface area contributed by atoms with Crippen LogP contribution in [0.15, 0.2) is 53.3 Å². The van der Waals surface area contributed by atoms with Crippen LogP contribution in [-0.4, -0.2) is 28.0 Å². The lowest BCUT2D eigenvalue weighted by Gasteiger charge is -2.15. The second-order valence-electron chi connectivity index (χ2n) is 6.12. The molecular formula is C19H19N3O. The Kier molecular flexibility index (Phi) is 3.67. The number of H-pyrrole nitrogens is 1. The molecule has 23 heavy (non-hydrogen) atoms. The van der Waals surface area contributed by atoms with E-state index in [1.165, 1.54) is 31.5 Å². The molecule has 4 rings (SSSR count). The van der Waals surface area contributed by atoms with E-state index in [1.807, 2.05) is 30.3 Å². The van der Waals surface area contributed by atoms with Crippen molar-refractivity contribution in [3.8, 4) is 11.4 Å². The molecule has 1 saturated heterocycles. The summed E-state index contributed by atoms with van der Waals surface area (Å²) < 4.78 is 0. The SMILES string of the molecule is O=c1[nH]c(-c2cccc(CN3CCCC3)c2)nc2ccccc12. The molecule has 2 heterocycles. The van der Waals surface area contributed by atoms with Crippen molar-refractivity contribution in [2.45, 2.75) is 19.4 Å². The van der Waals surface area contributed by atoms with Crippen molar-refractivity contribution in [2.24, 2.45) is 0 Å². The number of para-hydroxylation sites is 1. The Labute approximate surface area is 134 Å². The first-order chi connectivity index (χ1) is 11.3. The van der Waals surface area contributed by atoms with Crippen molar-refractivity contribution in [3.63, 3.8) is 0 Å². The number of hydrogen-bond acceptors (Lipinski definition) is 3. The minimum absolute atomic E-state index is 0.0875. The summed E-state index contributed by atoms with van der Waals surface area (Å²) in [4.78, 5) is 22.2. The molecule has 0 saturated carbocycles. The number of aromatic nitrogens is 2. The normalized spacial score (nSPS) is 15.3. The van der Waals surface area contributed by atoms with E-state index in [-0.39, 0.29) is 5.56 Å². The summed E-state index contributed by atoms with van der Waals surface area (Å²) in [5.74, 6) is 0.636. The number of likely N-dealkylation sites (tertiary alicyclic amines) is 1. The predicted octanol–water partition coefficient (Wildman–Crippen LogP) is 3.19. The lowest BCUT2D eigenvalue weighted by molar-refractivity contribution is 0.331. The van der Waals surface area contributed by atoms with Gasteiger partial charge in [0.25, 0.3) is 5.56 Å². The van der Waals surface area contributed by atoms with Crippen molar-refractivity contribution < 1.29 is 0 Å². The second kappa shape index (κ2) is 5.97. The van der Waals surface area contributed by atoms with Gasteiger partial charge in [-0.15, -0.1) is 0 Å². The lowest BCUT2D eigenvalue weighted by atomic mass is 10.1. The lowest BCUT2D eigenvalue weighted by Crippen LogP contribution is -2.18. The van der Waals surface area contributed by atoms with Crippen LogP contribution < -0.4 is 5.56 Å². The van der Waals surface area contributed by atoms with Crippen LogP contribution in [0, 0.1) is 0 Å². The fraction of sp³-hybridized carbons (Fsp3) is 0.263. The zero-order valence-electron chi connectivity index (χ0n) is 13.0. The first kappa shape index (κ1) is 14.2. The first-order valence-electron chi connectivity index (χ1n) is 8.10. The fourth-order valence-corrected chi connectivity index (χ4v) is 3.24. The Morgan fingerprint density at radius 2 is 1.87 bits per heavy atom. The topological polar surface area (TPSA) is 49.0 Å². The highest BCUT2D eigenvalue weighted by atomic mass is 16.1. The molecule has 0 aliphatic carbocycles. The van der Waals surface area contributed by atoms with Crippen molar-refractivity contribution in [1.82, 2.24) is 14.9 Å². The molecule has 1 aliphatic rings. The fourth-order valence-electron chi connectivity index (χ4n) is 3.24. The smallest absolute Gasteiger partial charge is 0.259 e. The average molecular weight is 305 g/mol. The minimum Gasteiger partial charge on any atom is -0.306 e. The molecule has 0 atom stereocenters. The number of rotatable bonds is 3. The molecule has 116 valence electrons. The van der Waals surface area contributed by atoms with Gasteiger partial charge in [0.05, 0.1) is 10.9 Å². The molecule has 0 spiro atoms. The van der Waals surface area contributed by atoms with Gasteiger partial charge in [0, 0.05) is 12.1 Å². The summed E-state index contributed by atoms with van der Waals surface area (Å²) in [6.07, 6.45) is 2.58. The highest BCUT2D eigenvalue weighted by molar-refractivity contribution is 5.79. The largest absolute Gasteiger partial charge is 0.306 e. The summed E-state index contributed by atoms with van der Waals surface area (Å²) >= 11 is 0. The van der Waals surface area contributed by atoms with Gasteiger partial charge < -0.3 is 4.98 Å². The second-order valence-corrected chi connectivity index (χ2v) is 6.12. The summed E-state index contributed by atoms with van der Waals surface area (Å²) in [6.45, 7) is 3.32.